The minimum absolute atomic E-state index is 0.251. The molecule has 0 aliphatic carbocycles. The lowest BCUT2D eigenvalue weighted by molar-refractivity contribution is -0.141. The molecular weight excluding hydrogens is 345 g/mol. The molecule has 1 aliphatic heterocycles. The van der Waals surface area contributed by atoms with Gasteiger partial charge in [0.1, 0.15) is 11.5 Å². The lowest BCUT2D eigenvalue weighted by atomic mass is 9.97. The number of nitrogens with zero attached hydrogens (tertiary/aromatic N) is 3. The van der Waals surface area contributed by atoms with Crippen molar-refractivity contribution in [3.63, 3.8) is 0 Å². The minimum atomic E-state index is -4.46. The van der Waals surface area contributed by atoms with Crippen molar-refractivity contribution in [1.29, 1.82) is 0 Å². The Bertz CT molecular complexity index is 746. The Kier molecular flexibility index (Phi) is 4.49. The Balaban J connectivity index is 1.76. The molecule has 0 saturated carbocycles. The third kappa shape index (κ3) is 3.38. The number of aromatic amines is 1. The van der Waals surface area contributed by atoms with Gasteiger partial charge in [-0.1, -0.05) is 11.6 Å². The van der Waals surface area contributed by atoms with E-state index in [1.54, 1.807) is 4.90 Å². The van der Waals surface area contributed by atoms with Crippen LogP contribution in [0.5, 0.6) is 0 Å². The summed E-state index contributed by atoms with van der Waals surface area (Å²) < 4.78 is 38.0. The predicted octanol–water partition coefficient (Wildman–Crippen LogP) is 3.50. The summed E-state index contributed by atoms with van der Waals surface area (Å²) in [5.74, 6) is -0.269. The van der Waals surface area contributed by atoms with E-state index in [2.05, 4.69) is 15.0 Å². The number of aromatic nitrogens is 3. The average molecular weight is 359 g/mol. The number of piperidine rings is 1. The summed E-state index contributed by atoms with van der Waals surface area (Å²) in [6.45, 7) is 0.823. The van der Waals surface area contributed by atoms with E-state index in [4.69, 9.17) is 11.6 Å². The molecule has 1 N–H and O–H groups in total. The van der Waals surface area contributed by atoms with Gasteiger partial charge in [-0.05, 0) is 18.9 Å². The Labute approximate surface area is 140 Å². The first-order valence-electron chi connectivity index (χ1n) is 7.37. The van der Waals surface area contributed by atoms with Crippen molar-refractivity contribution in [3.8, 4) is 0 Å². The third-order valence-electron chi connectivity index (χ3n) is 4.00. The molecule has 1 saturated heterocycles. The zero-order chi connectivity index (χ0) is 17.3. The van der Waals surface area contributed by atoms with Crippen LogP contribution >= 0.6 is 11.6 Å². The predicted molar refractivity (Wildman–Crippen MR) is 80.7 cm³/mol. The van der Waals surface area contributed by atoms with E-state index in [0.717, 1.165) is 6.20 Å². The van der Waals surface area contributed by atoms with Gasteiger partial charge >= 0.3 is 6.18 Å². The number of halogens is 4. The summed E-state index contributed by atoms with van der Waals surface area (Å²) in [4.78, 5) is 24.2. The third-order valence-corrected chi connectivity index (χ3v) is 4.30. The van der Waals surface area contributed by atoms with Crippen molar-refractivity contribution in [2.24, 2.45) is 0 Å². The topological polar surface area (TPSA) is 61.9 Å². The van der Waals surface area contributed by atoms with Crippen molar-refractivity contribution in [1.82, 2.24) is 19.9 Å². The van der Waals surface area contributed by atoms with Gasteiger partial charge in [-0.2, -0.15) is 13.2 Å². The lowest BCUT2D eigenvalue weighted by Crippen LogP contribution is -2.39. The van der Waals surface area contributed by atoms with Crippen molar-refractivity contribution in [2.45, 2.75) is 24.9 Å². The van der Waals surface area contributed by atoms with E-state index >= 15 is 0 Å². The zero-order valence-electron chi connectivity index (χ0n) is 12.5. The van der Waals surface area contributed by atoms with Gasteiger partial charge in [0.15, 0.2) is 0 Å². The average Bonchev–Trinajstić information content (AvgIpc) is 3.05. The summed E-state index contributed by atoms with van der Waals surface area (Å²) in [6, 6.07) is 1.53. The van der Waals surface area contributed by atoms with Crippen LogP contribution in [-0.2, 0) is 6.18 Å². The van der Waals surface area contributed by atoms with Crippen LogP contribution in [0.25, 0.3) is 0 Å². The van der Waals surface area contributed by atoms with Crippen LogP contribution in [0, 0.1) is 0 Å². The molecule has 0 aromatic carbocycles. The van der Waals surface area contributed by atoms with Gasteiger partial charge in [-0.3, -0.25) is 9.78 Å². The number of pyridine rings is 1. The van der Waals surface area contributed by atoms with Crippen molar-refractivity contribution < 1.29 is 18.0 Å². The molecule has 0 unspecified atom stereocenters. The molecule has 1 atom stereocenters. The summed E-state index contributed by atoms with van der Waals surface area (Å²) in [5.41, 5.74) is -0.541. The first-order valence-corrected chi connectivity index (χ1v) is 7.75. The molecule has 0 spiro atoms. The number of hydrogen-bond acceptors (Lipinski definition) is 3. The van der Waals surface area contributed by atoms with Gasteiger partial charge in [0.2, 0.25) is 0 Å². The van der Waals surface area contributed by atoms with E-state index < -0.39 is 11.9 Å². The smallest absolute Gasteiger partial charge is 0.338 e. The highest BCUT2D eigenvalue weighted by molar-refractivity contribution is 6.33. The van der Waals surface area contributed by atoms with Crippen LogP contribution in [0.2, 0.25) is 5.02 Å². The number of nitrogens with one attached hydrogen (secondary N) is 1. The van der Waals surface area contributed by atoms with E-state index in [9.17, 15) is 18.0 Å². The van der Waals surface area contributed by atoms with E-state index in [-0.39, 0.29) is 22.7 Å². The fourth-order valence-corrected chi connectivity index (χ4v) is 2.99. The maximum atomic E-state index is 12.7. The second-order valence-corrected chi connectivity index (χ2v) is 6.03. The molecule has 1 aliphatic rings. The number of alkyl halides is 3. The molecule has 0 radical (unpaired) electrons. The quantitative estimate of drug-likeness (QED) is 0.893. The summed E-state index contributed by atoms with van der Waals surface area (Å²) in [7, 11) is 0. The van der Waals surface area contributed by atoms with E-state index in [1.165, 1.54) is 18.5 Å². The maximum absolute atomic E-state index is 12.7. The van der Waals surface area contributed by atoms with Gasteiger partial charge in [0, 0.05) is 31.4 Å². The summed E-state index contributed by atoms with van der Waals surface area (Å²) in [6.07, 6.45) is 0.538. The highest BCUT2D eigenvalue weighted by atomic mass is 35.5. The fourth-order valence-electron chi connectivity index (χ4n) is 2.79. The van der Waals surface area contributed by atoms with Gasteiger partial charge in [-0.15, -0.1) is 0 Å². The lowest BCUT2D eigenvalue weighted by Gasteiger charge is -2.32. The highest BCUT2D eigenvalue weighted by Crippen LogP contribution is 2.31. The number of rotatable bonds is 2. The van der Waals surface area contributed by atoms with Crippen LogP contribution in [0.4, 0.5) is 13.2 Å². The van der Waals surface area contributed by atoms with Crippen LogP contribution in [-0.4, -0.2) is 38.8 Å². The van der Waals surface area contributed by atoms with E-state index in [0.29, 0.717) is 31.5 Å². The molecule has 1 amide bonds. The van der Waals surface area contributed by atoms with E-state index in [1.807, 2.05) is 0 Å². The number of carbonyl (C=O) groups is 1. The number of imidazole rings is 1. The molecule has 24 heavy (non-hydrogen) atoms. The second-order valence-electron chi connectivity index (χ2n) is 5.63. The zero-order valence-corrected chi connectivity index (χ0v) is 13.2. The fraction of sp³-hybridized carbons (Fsp3) is 0.400. The molecule has 128 valence electrons. The van der Waals surface area contributed by atoms with Crippen LogP contribution < -0.4 is 0 Å². The minimum Gasteiger partial charge on any atom is -0.338 e. The van der Waals surface area contributed by atoms with Gasteiger partial charge in [0.25, 0.3) is 5.91 Å². The Morgan fingerprint density at radius 3 is 2.83 bits per heavy atom. The number of H-pyrrole nitrogens is 1. The highest BCUT2D eigenvalue weighted by Gasteiger charge is 2.35. The molecule has 9 heteroatoms. The molecule has 2 aromatic rings. The number of likely N-dealkylation sites (tertiary alicyclic amines) is 1. The summed E-state index contributed by atoms with van der Waals surface area (Å²) >= 11 is 5.99. The molecule has 2 aromatic heterocycles. The second kappa shape index (κ2) is 6.43. The van der Waals surface area contributed by atoms with Gasteiger partial charge < -0.3 is 9.88 Å². The number of amides is 1. The number of hydrogen-bond donors (Lipinski definition) is 1. The first kappa shape index (κ1) is 16.8. The molecular formula is C15H14ClF3N4O. The van der Waals surface area contributed by atoms with Gasteiger partial charge in [0.05, 0.1) is 16.8 Å². The van der Waals surface area contributed by atoms with Crippen molar-refractivity contribution in [2.75, 3.05) is 13.1 Å². The normalized spacial score (nSPS) is 18.7. The van der Waals surface area contributed by atoms with Crippen LogP contribution in [0.1, 0.15) is 40.6 Å². The SMILES string of the molecule is O=C(c1ccncc1Cl)N1CCC[C@H](c2ncc(C(F)(F)F)[nH]2)C1. The molecule has 3 rings (SSSR count). The molecule has 0 bridgehead atoms. The van der Waals surface area contributed by atoms with Gasteiger partial charge in [-0.25, -0.2) is 4.98 Å². The number of carbonyl (C=O) groups excluding carboxylic acids is 1. The largest absolute Gasteiger partial charge is 0.432 e. The first-order chi connectivity index (χ1) is 11.4. The standard InChI is InChI=1S/C15H14ClF3N4O/c16-11-6-20-4-3-10(11)14(24)23-5-1-2-9(8-23)13-21-7-12(22-13)15(17,18)19/h3-4,6-7,9H,1-2,5,8H2,(H,21,22)/t9-/m0/s1. The monoisotopic (exact) mass is 358 g/mol. The van der Waals surface area contributed by atoms with Crippen LogP contribution in [0.15, 0.2) is 24.7 Å². The van der Waals surface area contributed by atoms with Crippen LogP contribution in [0.3, 0.4) is 0 Å². The molecule has 3 heterocycles. The van der Waals surface area contributed by atoms with Crippen molar-refractivity contribution >= 4 is 17.5 Å². The molecule has 5 nitrogen and oxygen atoms in total. The van der Waals surface area contributed by atoms with Crippen molar-refractivity contribution in [3.05, 3.63) is 46.8 Å². The Morgan fingerprint density at radius 2 is 2.17 bits per heavy atom. The Morgan fingerprint density at radius 1 is 1.38 bits per heavy atom. The Hall–Kier alpha value is -2.09. The molecule has 1 fully saturated rings. The summed E-state index contributed by atoms with van der Waals surface area (Å²) in [5, 5.41) is 0.252. The maximum Gasteiger partial charge on any atom is 0.432 e.